The Morgan fingerprint density at radius 1 is 1.21 bits per heavy atom. The van der Waals surface area contributed by atoms with E-state index in [-0.39, 0.29) is 0 Å². The van der Waals surface area contributed by atoms with Gasteiger partial charge in [0.1, 0.15) is 0 Å². The number of nitrogens with zero attached hydrogens (tertiary/aromatic N) is 3. The van der Waals surface area contributed by atoms with Crippen LogP contribution in [0, 0.1) is 11.3 Å². The topological polar surface area (TPSA) is 30.3 Å². The largest absolute Gasteiger partial charge is 0.369 e. The summed E-state index contributed by atoms with van der Waals surface area (Å²) < 4.78 is 0. The fraction of sp³-hybridized carbons (Fsp3) is 0.533. The van der Waals surface area contributed by atoms with Crippen molar-refractivity contribution in [1.82, 2.24) is 4.90 Å². The van der Waals surface area contributed by atoms with Crippen molar-refractivity contribution in [2.24, 2.45) is 0 Å². The summed E-state index contributed by atoms with van der Waals surface area (Å²) in [6.07, 6.45) is 1.69. The Labute approximate surface area is 120 Å². The molecule has 0 spiro atoms. The molecule has 3 nitrogen and oxygen atoms in total. The minimum atomic E-state index is 0.414. The van der Waals surface area contributed by atoms with E-state index in [1.54, 1.807) is 0 Å². The van der Waals surface area contributed by atoms with Crippen LogP contribution in [-0.2, 0) is 0 Å². The number of halogens is 1. The van der Waals surface area contributed by atoms with Gasteiger partial charge in [-0.3, -0.25) is 4.90 Å². The van der Waals surface area contributed by atoms with Crippen LogP contribution in [0.15, 0.2) is 24.3 Å². The Hall–Kier alpha value is -1.24. The third-order valence-electron chi connectivity index (χ3n) is 3.82. The summed E-state index contributed by atoms with van der Waals surface area (Å²) in [5, 5.41) is 9.63. The SMILES string of the molecule is CCC(CC#N)N1CCN(c2ccc(Cl)cc2)CC1. The normalized spacial score (nSPS) is 18.1. The highest BCUT2D eigenvalue weighted by Gasteiger charge is 2.22. The van der Waals surface area contributed by atoms with Crippen molar-refractivity contribution in [2.75, 3.05) is 31.1 Å². The fourth-order valence-electron chi connectivity index (χ4n) is 2.63. The van der Waals surface area contributed by atoms with E-state index in [4.69, 9.17) is 16.9 Å². The Kier molecular flexibility index (Phi) is 5.07. The van der Waals surface area contributed by atoms with Crippen LogP contribution in [-0.4, -0.2) is 37.1 Å². The highest BCUT2D eigenvalue weighted by molar-refractivity contribution is 6.30. The molecular formula is C15H20ClN3. The van der Waals surface area contributed by atoms with E-state index in [0.717, 1.165) is 37.6 Å². The summed E-state index contributed by atoms with van der Waals surface area (Å²) in [5.74, 6) is 0. The molecule has 1 aromatic carbocycles. The molecule has 0 bridgehead atoms. The number of piperazine rings is 1. The summed E-state index contributed by atoms with van der Waals surface area (Å²) in [5.41, 5.74) is 1.23. The van der Waals surface area contributed by atoms with Gasteiger partial charge in [0.2, 0.25) is 0 Å². The first-order chi connectivity index (χ1) is 9.24. The first-order valence-corrected chi connectivity index (χ1v) is 7.24. The monoisotopic (exact) mass is 277 g/mol. The van der Waals surface area contributed by atoms with Crippen molar-refractivity contribution < 1.29 is 0 Å². The molecule has 1 saturated heterocycles. The van der Waals surface area contributed by atoms with E-state index >= 15 is 0 Å². The Bertz CT molecular complexity index is 430. The lowest BCUT2D eigenvalue weighted by Gasteiger charge is -2.39. The number of rotatable bonds is 4. The maximum atomic E-state index is 8.85. The standard InChI is InChI=1S/C15H20ClN3/c1-2-14(7-8-17)18-9-11-19(12-10-18)15-5-3-13(16)4-6-15/h3-6,14H,2,7,9-12H2,1H3. The summed E-state index contributed by atoms with van der Waals surface area (Å²) in [7, 11) is 0. The van der Waals surface area contributed by atoms with Crippen molar-refractivity contribution in [3.8, 4) is 6.07 Å². The van der Waals surface area contributed by atoms with Gasteiger partial charge in [-0.1, -0.05) is 18.5 Å². The van der Waals surface area contributed by atoms with Gasteiger partial charge in [0, 0.05) is 42.9 Å². The minimum Gasteiger partial charge on any atom is -0.369 e. The minimum absolute atomic E-state index is 0.414. The number of hydrogen-bond donors (Lipinski definition) is 0. The molecule has 2 rings (SSSR count). The second kappa shape index (κ2) is 6.79. The molecule has 0 radical (unpaired) electrons. The molecule has 0 aliphatic carbocycles. The lowest BCUT2D eigenvalue weighted by atomic mass is 10.1. The number of anilines is 1. The van der Waals surface area contributed by atoms with Crippen molar-refractivity contribution in [2.45, 2.75) is 25.8 Å². The van der Waals surface area contributed by atoms with E-state index in [2.05, 4.69) is 34.9 Å². The quantitative estimate of drug-likeness (QED) is 0.847. The van der Waals surface area contributed by atoms with Crippen LogP contribution in [0.3, 0.4) is 0 Å². The van der Waals surface area contributed by atoms with Crippen molar-refractivity contribution in [3.63, 3.8) is 0 Å². The zero-order valence-corrected chi connectivity index (χ0v) is 12.1. The summed E-state index contributed by atoms with van der Waals surface area (Å²) in [4.78, 5) is 4.82. The molecule has 0 aromatic heterocycles. The lowest BCUT2D eigenvalue weighted by Crippen LogP contribution is -2.50. The van der Waals surface area contributed by atoms with Crippen molar-refractivity contribution in [1.29, 1.82) is 5.26 Å². The second-order valence-corrected chi connectivity index (χ2v) is 5.36. The van der Waals surface area contributed by atoms with Crippen LogP contribution in [0.2, 0.25) is 5.02 Å². The molecule has 1 fully saturated rings. The van der Waals surface area contributed by atoms with Crippen LogP contribution in [0.1, 0.15) is 19.8 Å². The Morgan fingerprint density at radius 2 is 1.84 bits per heavy atom. The zero-order valence-electron chi connectivity index (χ0n) is 11.3. The highest BCUT2D eigenvalue weighted by atomic mass is 35.5. The molecule has 4 heteroatoms. The van der Waals surface area contributed by atoms with Crippen molar-refractivity contribution in [3.05, 3.63) is 29.3 Å². The van der Waals surface area contributed by atoms with Gasteiger partial charge in [0.25, 0.3) is 0 Å². The first kappa shape index (κ1) is 14.2. The Balaban J connectivity index is 1.92. The third-order valence-corrected chi connectivity index (χ3v) is 4.07. The van der Waals surface area contributed by atoms with Gasteiger partial charge < -0.3 is 4.90 Å². The summed E-state index contributed by atoms with van der Waals surface area (Å²) in [6, 6.07) is 10.7. The molecule has 0 N–H and O–H groups in total. The smallest absolute Gasteiger partial charge is 0.0638 e. The van der Waals surface area contributed by atoms with Crippen molar-refractivity contribution >= 4 is 17.3 Å². The highest BCUT2D eigenvalue weighted by Crippen LogP contribution is 2.20. The van der Waals surface area contributed by atoms with Crippen LogP contribution in [0.25, 0.3) is 0 Å². The molecule has 1 atom stereocenters. The molecule has 1 unspecified atom stereocenters. The maximum absolute atomic E-state index is 8.85. The van der Waals surface area contributed by atoms with Crippen LogP contribution >= 0.6 is 11.6 Å². The number of benzene rings is 1. The molecule has 1 aromatic rings. The van der Waals surface area contributed by atoms with Crippen LogP contribution in [0.4, 0.5) is 5.69 Å². The van der Waals surface area contributed by atoms with Gasteiger partial charge in [-0.25, -0.2) is 0 Å². The Morgan fingerprint density at radius 3 is 2.37 bits per heavy atom. The number of nitriles is 1. The summed E-state index contributed by atoms with van der Waals surface area (Å²) >= 11 is 5.91. The second-order valence-electron chi connectivity index (χ2n) is 4.92. The molecule has 102 valence electrons. The first-order valence-electron chi connectivity index (χ1n) is 6.86. The van der Waals surface area contributed by atoms with E-state index in [1.807, 2.05) is 12.1 Å². The molecule has 0 saturated carbocycles. The predicted octanol–water partition coefficient (Wildman–Crippen LogP) is 3.15. The maximum Gasteiger partial charge on any atom is 0.0638 e. The molecule has 1 heterocycles. The van der Waals surface area contributed by atoms with Gasteiger partial charge in [-0.15, -0.1) is 0 Å². The molecule has 0 amide bonds. The van der Waals surface area contributed by atoms with E-state index < -0.39 is 0 Å². The third kappa shape index (κ3) is 3.62. The van der Waals surface area contributed by atoms with E-state index in [9.17, 15) is 0 Å². The van der Waals surface area contributed by atoms with Gasteiger partial charge >= 0.3 is 0 Å². The van der Waals surface area contributed by atoms with Crippen LogP contribution in [0.5, 0.6) is 0 Å². The van der Waals surface area contributed by atoms with Gasteiger partial charge in [-0.05, 0) is 30.7 Å². The molecule has 1 aliphatic rings. The molecule has 1 aliphatic heterocycles. The van der Waals surface area contributed by atoms with E-state index in [0.29, 0.717) is 12.5 Å². The predicted molar refractivity (Wildman–Crippen MR) is 79.5 cm³/mol. The van der Waals surface area contributed by atoms with Gasteiger partial charge in [0.05, 0.1) is 12.5 Å². The fourth-order valence-corrected chi connectivity index (χ4v) is 2.76. The molecular weight excluding hydrogens is 258 g/mol. The van der Waals surface area contributed by atoms with Crippen LogP contribution < -0.4 is 4.90 Å². The average molecular weight is 278 g/mol. The average Bonchev–Trinajstić information content (AvgIpc) is 2.46. The summed E-state index contributed by atoms with van der Waals surface area (Å²) in [6.45, 7) is 6.26. The zero-order chi connectivity index (χ0) is 13.7. The lowest BCUT2D eigenvalue weighted by molar-refractivity contribution is 0.182. The van der Waals surface area contributed by atoms with E-state index in [1.165, 1.54) is 5.69 Å². The van der Waals surface area contributed by atoms with Gasteiger partial charge in [-0.2, -0.15) is 5.26 Å². The van der Waals surface area contributed by atoms with Gasteiger partial charge in [0.15, 0.2) is 0 Å². The number of hydrogen-bond acceptors (Lipinski definition) is 3. The molecule has 19 heavy (non-hydrogen) atoms.